The third kappa shape index (κ3) is 3.13. The highest BCUT2D eigenvalue weighted by Crippen LogP contribution is 2.37. The standard InChI is InChI=1S/C16H24N2O3/c1-4-8-18-15(19)10-12(17)16(18)11-6-7-13(21-5-2)14(9-11)20-3/h6-7,9,12,16H,4-5,8,10,17H2,1-3H3. The second kappa shape index (κ2) is 6.80. The van der Waals surface area contributed by atoms with Crippen molar-refractivity contribution in [2.24, 2.45) is 5.73 Å². The van der Waals surface area contributed by atoms with Gasteiger partial charge in [0.15, 0.2) is 11.5 Å². The van der Waals surface area contributed by atoms with Crippen molar-refractivity contribution in [3.8, 4) is 11.5 Å². The Morgan fingerprint density at radius 2 is 2.10 bits per heavy atom. The molecule has 5 heteroatoms. The first-order valence-electron chi connectivity index (χ1n) is 7.48. The van der Waals surface area contributed by atoms with E-state index in [1.807, 2.05) is 30.0 Å². The van der Waals surface area contributed by atoms with E-state index in [1.54, 1.807) is 7.11 Å². The van der Waals surface area contributed by atoms with Crippen LogP contribution in [-0.2, 0) is 4.79 Å². The van der Waals surface area contributed by atoms with Crippen LogP contribution in [0.5, 0.6) is 11.5 Å². The van der Waals surface area contributed by atoms with Crippen molar-refractivity contribution in [2.45, 2.75) is 38.8 Å². The van der Waals surface area contributed by atoms with E-state index in [4.69, 9.17) is 15.2 Å². The summed E-state index contributed by atoms with van der Waals surface area (Å²) in [6, 6.07) is 5.53. The third-order valence-electron chi connectivity index (χ3n) is 3.77. The van der Waals surface area contributed by atoms with Gasteiger partial charge in [0.1, 0.15) is 0 Å². The Bertz CT molecular complexity index is 504. The number of methoxy groups -OCH3 is 1. The van der Waals surface area contributed by atoms with Gasteiger partial charge < -0.3 is 20.1 Å². The maximum Gasteiger partial charge on any atom is 0.224 e. The number of likely N-dealkylation sites (tertiary alicyclic amines) is 1. The van der Waals surface area contributed by atoms with Gasteiger partial charge in [-0.1, -0.05) is 13.0 Å². The van der Waals surface area contributed by atoms with E-state index in [2.05, 4.69) is 6.92 Å². The van der Waals surface area contributed by atoms with Crippen LogP contribution < -0.4 is 15.2 Å². The van der Waals surface area contributed by atoms with Gasteiger partial charge in [-0.05, 0) is 31.0 Å². The summed E-state index contributed by atoms with van der Waals surface area (Å²) in [4.78, 5) is 13.9. The summed E-state index contributed by atoms with van der Waals surface area (Å²) >= 11 is 0. The second-order valence-electron chi connectivity index (χ2n) is 5.24. The Kier molecular flexibility index (Phi) is 5.07. The lowest BCUT2D eigenvalue weighted by Crippen LogP contribution is -2.33. The lowest BCUT2D eigenvalue weighted by Gasteiger charge is -2.27. The van der Waals surface area contributed by atoms with Gasteiger partial charge >= 0.3 is 0 Å². The summed E-state index contributed by atoms with van der Waals surface area (Å²) in [7, 11) is 1.62. The Balaban J connectivity index is 2.33. The van der Waals surface area contributed by atoms with Crippen LogP contribution in [0, 0.1) is 0 Å². The fourth-order valence-corrected chi connectivity index (χ4v) is 2.89. The van der Waals surface area contributed by atoms with Crippen LogP contribution in [0.1, 0.15) is 38.3 Å². The number of carbonyl (C=O) groups excluding carboxylic acids is 1. The fraction of sp³-hybridized carbons (Fsp3) is 0.562. The van der Waals surface area contributed by atoms with Gasteiger partial charge in [-0.25, -0.2) is 0 Å². The average Bonchev–Trinajstić information content (AvgIpc) is 2.75. The number of rotatable bonds is 6. The quantitative estimate of drug-likeness (QED) is 0.872. The summed E-state index contributed by atoms with van der Waals surface area (Å²) in [5.41, 5.74) is 7.18. The molecule has 0 aliphatic carbocycles. The second-order valence-corrected chi connectivity index (χ2v) is 5.24. The van der Waals surface area contributed by atoms with E-state index in [0.29, 0.717) is 24.5 Å². The summed E-state index contributed by atoms with van der Waals surface area (Å²) < 4.78 is 10.9. The van der Waals surface area contributed by atoms with Crippen molar-refractivity contribution < 1.29 is 14.3 Å². The Hall–Kier alpha value is -1.75. The smallest absolute Gasteiger partial charge is 0.224 e. The predicted molar refractivity (Wildman–Crippen MR) is 81.5 cm³/mol. The molecule has 1 aromatic carbocycles. The molecule has 1 heterocycles. The van der Waals surface area contributed by atoms with E-state index >= 15 is 0 Å². The normalized spacial score (nSPS) is 21.7. The van der Waals surface area contributed by atoms with Crippen molar-refractivity contribution in [1.82, 2.24) is 4.90 Å². The Labute approximate surface area is 126 Å². The first-order chi connectivity index (χ1) is 10.1. The molecule has 1 aliphatic rings. The SMILES string of the molecule is CCCN1C(=O)CC(N)C1c1ccc(OCC)c(OC)c1. The van der Waals surface area contributed by atoms with Crippen LogP contribution >= 0.6 is 0 Å². The number of carbonyl (C=O) groups is 1. The topological polar surface area (TPSA) is 64.8 Å². The number of hydrogen-bond acceptors (Lipinski definition) is 4. The minimum Gasteiger partial charge on any atom is -0.493 e. The van der Waals surface area contributed by atoms with Crippen LogP contribution in [0.2, 0.25) is 0 Å². The molecule has 21 heavy (non-hydrogen) atoms. The van der Waals surface area contributed by atoms with E-state index in [-0.39, 0.29) is 18.0 Å². The molecule has 1 fully saturated rings. The van der Waals surface area contributed by atoms with Crippen molar-refractivity contribution in [3.05, 3.63) is 23.8 Å². The van der Waals surface area contributed by atoms with Gasteiger partial charge in [-0.2, -0.15) is 0 Å². The van der Waals surface area contributed by atoms with Gasteiger partial charge in [0.05, 0.1) is 19.8 Å². The molecule has 0 aromatic heterocycles. The molecule has 1 saturated heterocycles. The van der Waals surface area contributed by atoms with Crippen molar-refractivity contribution >= 4 is 5.91 Å². The number of hydrogen-bond donors (Lipinski definition) is 1. The Morgan fingerprint density at radius 3 is 2.71 bits per heavy atom. The molecule has 5 nitrogen and oxygen atoms in total. The van der Waals surface area contributed by atoms with Crippen LogP contribution in [0.4, 0.5) is 0 Å². The summed E-state index contributed by atoms with van der Waals surface area (Å²) in [5.74, 6) is 1.52. The fourth-order valence-electron chi connectivity index (χ4n) is 2.89. The minimum absolute atomic E-state index is 0.0815. The minimum atomic E-state index is -0.174. The lowest BCUT2D eigenvalue weighted by atomic mass is 10.00. The zero-order valence-corrected chi connectivity index (χ0v) is 13.0. The molecule has 2 atom stereocenters. The molecular weight excluding hydrogens is 268 g/mol. The summed E-state index contributed by atoms with van der Waals surface area (Å²) in [5, 5.41) is 0. The maximum atomic E-state index is 12.1. The monoisotopic (exact) mass is 292 g/mol. The van der Waals surface area contributed by atoms with Crippen LogP contribution in [0.15, 0.2) is 18.2 Å². The van der Waals surface area contributed by atoms with E-state index in [1.165, 1.54) is 0 Å². The highest BCUT2D eigenvalue weighted by atomic mass is 16.5. The first-order valence-corrected chi connectivity index (χ1v) is 7.48. The zero-order chi connectivity index (χ0) is 15.4. The molecule has 0 spiro atoms. The van der Waals surface area contributed by atoms with Gasteiger partial charge in [0.2, 0.25) is 5.91 Å². The largest absolute Gasteiger partial charge is 0.493 e. The molecule has 0 radical (unpaired) electrons. The van der Waals surface area contributed by atoms with Crippen LogP contribution in [-0.4, -0.2) is 37.1 Å². The van der Waals surface area contributed by atoms with E-state index < -0.39 is 0 Å². The summed E-state index contributed by atoms with van der Waals surface area (Å²) in [6.07, 6.45) is 1.32. The van der Waals surface area contributed by atoms with Crippen molar-refractivity contribution in [3.63, 3.8) is 0 Å². The highest BCUT2D eigenvalue weighted by molar-refractivity contribution is 5.80. The molecule has 0 saturated carbocycles. The summed E-state index contributed by atoms with van der Waals surface area (Å²) in [6.45, 7) is 5.31. The van der Waals surface area contributed by atoms with E-state index in [9.17, 15) is 4.79 Å². The first kappa shape index (κ1) is 15.6. The number of ether oxygens (including phenoxy) is 2. The molecular formula is C16H24N2O3. The van der Waals surface area contributed by atoms with Crippen molar-refractivity contribution in [2.75, 3.05) is 20.3 Å². The number of nitrogens with zero attached hydrogens (tertiary/aromatic N) is 1. The molecule has 1 aromatic rings. The van der Waals surface area contributed by atoms with Gasteiger partial charge in [0, 0.05) is 19.0 Å². The average molecular weight is 292 g/mol. The molecule has 2 unspecified atom stereocenters. The van der Waals surface area contributed by atoms with Gasteiger partial charge in [0.25, 0.3) is 0 Å². The van der Waals surface area contributed by atoms with Gasteiger partial charge in [-0.3, -0.25) is 4.79 Å². The maximum absolute atomic E-state index is 12.1. The van der Waals surface area contributed by atoms with Crippen LogP contribution in [0.3, 0.4) is 0 Å². The zero-order valence-electron chi connectivity index (χ0n) is 13.0. The third-order valence-corrected chi connectivity index (χ3v) is 3.77. The molecule has 2 rings (SSSR count). The lowest BCUT2D eigenvalue weighted by molar-refractivity contribution is -0.129. The molecule has 116 valence electrons. The molecule has 2 N–H and O–H groups in total. The Morgan fingerprint density at radius 1 is 1.33 bits per heavy atom. The number of nitrogens with two attached hydrogens (primary N) is 1. The molecule has 0 bridgehead atoms. The predicted octanol–water partition coefficient (Wildman–Crippen LogP) is 2.10. The van der Waals surface area contributed by atoms with E-state index in [0.717, 1.165) is 18.5 Å². The number of amides is 1. The van der Waals surface area contributed by atoms with Crippen LogP contribution in [0.25, 0.3) is 0 Å². The van der Waals surface area contributed by atoms with Gasteiger partial charge in [-0.15, -0.1) is 0 Å². The molecule has 1 amide bonds. The molecule has 1 aliphatic heterocycles. The highest BCUT2D eigenvalue weighted by Gasteiger charge is 2.38. The van der Waals surface area contributed by atoms with Crippen molar-refractivity contribution in [1.29, 1.82) is 0 Å². The number of benzene rings is 1.